The second kappa shape index (κ2) is 5.48. The van der Waals surface area contributed by atoms with Crippen molar-refractivity contribution in [1.82, 2.24) is 10.2 Å². The molecule has 0 N–H and O–H groups in total. The van der Waals surface area contributed by atoms with Gasteiger partial charge in [0, 0.05) is 19.7 Å². The third-order valence-electron chi connectivity index (χ3n) is 3.96. The average Bonchev–Trinajstić information content (AvgIpc) is 3.10. The van der Waals surface area contributed by atoms with E-state index in [-0.39, 0.29) is 0 Å². The van der Waals surface area contributed by atoms with Gasteiger partial charge in [0.2, 0.25) is 10.1 Å². The molecule has 2 saturated heterocycles. The van der Waals surface area contributed by atoms with Crippen molar-refractivity contribution in [2.24, 2.45) is 5.92 Å². The van der Waals surface area contributed by atoms with E-state index in [2.05, 4.69) is 10.2 Å². The normalized spacial score (nSPS) is 25.4. The van der Waals surface area contributed by atoms with Crippen LogP contribution in [0.15, 0.2) is 0 Å². The molecule has 0 aromatic carbocycles. The van der Waals surface area contributed by atoms with Gasteiger partial charge in [0.15, 0.2) is 0 Å². The van der Waals surface area contributed by atoms with Gasteiger partial charge in [-0.2, -0.15) is 13.2 Å². The van der Waals surface area contributed by atoms with Gasteiger partial charge in [-0.05, 0) is 31.6 Å². The van der Waals surface area contributed by atoms with Crippen molar-refractivity contribution >= 4 is 16.5 Å². The number of hydrogen-bond acceptors (Lipinski definition) is 5. The molecule has 20 heavy (non-hydrogen) atoms. The van der Waals surface area contributed by atoms with Gasteiger partial charge in [-0.25, -0.2) is 0 Å². The van der Waals surface area contributed by atoms with Crippen LogP contribution >= 0.6 is 11.3 Å². The Morgan fingerprint density at radius 1 is 1.15 bits per heavy atom. The second-order valence-corrected chi connectivity index (χ2v) is 6.22. The van der Waals surface area contributed by atoms with E-state index in [1.807, 2.05) is 4.90 Å². The van der Waals surface area contributed by atoms with Crippen molar-refractivity contribution in [3.05, 3.63) is 5.01 Å². The number of nitrogens with zero attached hydrogens (tertiary/aromatic N) is 3. The molecule has 2 fully saturated rings. The Hall–Kier alpha value is -0.890. The van der Waals surface area contributed by atoms with Crippen LogP contribution in [0.5, 0.6) is 0 Å². The molecule has 4 nitrogen and oxygen atoms in total. The van der Waals surface area contributed by atoms with Gasteiger partial charge in [0.1, 0.15) is 0 Å². The van der Waals surface area contributed by atoms with E-state index in [1.54, 1.807) is 0 Å². The van der Waals surface area contributed by atoms with Crippen molar-refractivity contribution in [3.8, 4) is 0 Å². The van der Waals surface area contributed by atoms with Crippen LogP contribution in [0.4, 0.5) is 18.3 Å². The van der Waals surface area contributed by atoms with Crippen LogP contribution in [0.2, 0.25) is 0 Å². The fraction of sp³-hybridized carbons (Fsp3) is 0.833. The van der Waals surface area contributed by atoms with E-state index >= 15 is 0 Å². The Morgan fingerprint density at radius 2 is 1.90 bits per heavy atom. The Labute approximate surface area is 118 Å². The van der Waals surface area contributed by atoms with Gasteiger partial charge in [-0.15, -0.1) is 10.2 Å². The zero-order valence-electron chi connectivity index (χ0n) is 10.9. The first-order chi connectivity index (χ1) is 9.54. The standard InChI is InChI=1S/C12H16F3N3OS/c13-12(14,15)10-16-17-11(20-10)18-5-3-8(4-6-18)9-2-1-7-19-9/h8-9H,1-7H2. The van der Waals surface area contributed by atoms with Crippen molar-refractivity contribution < 1.29 is 17.9 Å². The number of piperidine rings is 1. The summed E-state index contributed by atoms with van der Waals surface area (Å²) in [6.07, 6.45) is 0.0819. The van der Waals surface area contributed by atoms with Gasteiger partial charge in [-0.1, -0.05) is 11.3 Å². The minimum Gasteiger partial charge on any atom is -0.378 e. The molecule has 1 atom stereocenters. The zero-order valence-corrected chi connectivity index (χ0v) is 11.7. The highest BCUT2D eigenvalue weighted by Gasteiger charge is 2.37. The predicted octanol–water partition coefficient (Wildman–Crippen LogP) is 2.95. The minimum atomic E-state index is -4.40. The number of halogens is 3. The number of alkyl halides is 3. The molecule has 1 aromatic heterocycles. The first-order valence-corrected chi connectivity index (χ1v) is 7.63. The number of anilines is 1. The first kappa shape index (κ1) is 14.1. The molecular formula is C12H16F3N3OS. The second-order valence-electron chi connectivity index (χ2n) is 5.26. The number of hydrogen-bond donors (Lipinski definition) is 0. The highest BCUT2D eigenvalue weighted by atomic mass is 32.1. The number of rotatable bonds is 2. The smallest absolute Gasteiger partial charge is 0.378 e. The maximum Gasteiger partial charge on any atom is 0.445 e. The fourth-order valence-corrected chi connectivity index (χ4v) is 3.66. The van der Waals surface area contributed by atoms with Crippen LogP contribution in [-0.4, -0.2) is 36.0 Å². The largest absolute Gasteiger partial charge is 0.445 e. The summed E-state index contributed by atoms with van der Waals surface area (Å²) in [6, 6.07) is 0. The molecule has 0 spiro atoms. The molecule has 2 aliphatic rings. The van der Waals surface area contributed by atoms with E-state index < -0.39 is 11.2 Å². The molecule has 0 bridgehead atoms. The quantitative estimate of drug-likeness (QED) is 0.842. The Bertz CT molecular complexity index is 451. The predicted molar refractivity (Wildman–Crippen MR) is 68.8 cm³/mol. The van der Waals surface area contributed by atoms with Gasteiger partial charge >= 0.3 is 6.18 Å². The lowest BCUT2D eigenvalue weighted by atomic mass is 9.90. The topological polar surface area (TPSA) is 38.2 Å². The van der Waals surface area contributed by atoms with Crippen LogP contribution in [0.1, 0.15) is 30.7 Å². The number of aromatic nitrogens is 2. The summed E-state index contributed by atoms with van der Waals surface area (Å²) in [5.74, 6) is 0.531. The Kier molecular flexibility index (Phi) is 3.85. The summed E-state index contributed by atoms with van der Waals surface area (Å²) in [6.45, 7) is 2.31. The van der Waals surface area contributed by atoms with Gasteiger partial charge in [0.25, 0.3) is 0 Å². The van der Waals surface area contributed by atoms with Crippen LogP contribution in [0, 0.1) is 5.92 Å². The summed E-state index contributed by atoms with van der Waals surface area (Å²) in [7, 11) is 0. The third-order valence-corrected chi connectivity index (χ3v) is 4.99. The van der Waals surface area contributed by atoms with E-state index in [0.717, 1.165) is 45.4 Å². The maximum atomic E-state index is 12.5. The average molecular weight is 307 g/mol. The molecule has 2 aliphatic heterocycles. The summed E-state index contributed by atoms with van der Waals surface area (Å²) in [4.78, 5) is 1.90. The molecule has 1 unspecified atom stereocenters. The maximum absolute atomic E-state index is 12.5. The van der Waals surface area contributed by atoms with Crippen LogP contribution in [-0.2, 0) is 10.9 Å². The van der Waals surface area contributed by atoms with Crippen molar-refractivity contribution in [3.63, 3.8) is 0 Å². The van der Waals surface area contributed by atoms with Gasteiger partial charge in [-0.3, -0.25) is 0 Å². The molecule has 8 heteroatoms. The Morgan fingerprint density at radius 3 is 2.45 bits per heavy atom. The molecule has 0 amide bonds. The SMILES string of the molecule is FC(F)(F)c1nnc(N2CCC(C3CCCO3)CC2)s1. The molecule has 0 radical (unpaired) electrons. The monoisotopic (exact) mass is 307 g/mol. The summed E-state index contributed by atoms with van der Waals surface area (Å²) < 4.78 is 43.2. The first-order valence-electron chi connectivity index (χ1n) is 6.81. The van der Waals surface area contributed by atoms with E-state index in [0.29, 0.717) is 28.5 Å². The molecule has 3 heterocycles. The number of ether oxygens (including phenoxy) is 1. The lowest BCUT2D eigenvalue weighted by Crippen LogP contribution is -2.37. The molecule has 3 rings (SSSR count). The van der Waals surface area contributed by atoms with Crippen LogP contribution < -0.4 is 4.90 Å². The van der Waals surface area contributed by atoms with Crippen molar-refractivity contribution in [2.75, 3.05) is 24.6 Å². The zero-order chi connectivity index (χ0) is 14.2. The molecule has 0 aliphatic carbocycles. The van der Waals surface area contributed by atoms with E-state index in [4.69, 9.17) is 4.74 Å². The van der Waals surface area contributed by atoms with Gasteiger partial charge < -0.3 is 9.64 Å². The fourth-order valence-electron chi connectivity index (χ4n) is 2.89. The summed E-state index contributed by atoms with van der Waals surface area (Å²) in [5.41, 5.74) is 0. The van der Waals surface area contributed by atoms with E-state index in [1.165, 1.54) is 0 Å². The van der Waals surface area contributed by atoms with E-state index in [9.17, 15) is 13.2 Å². The summed E-state index contributed by atoms with van der Waals surface area (Å²) in [5, 5.41) is 6.42. The summed E-state index contributed by atoms with van der Waals surface area (Å²) >= 11 is 0.627. The van der Waals surface area contributed by atoms with Crippen LogP contribution in [0.25, 0.3) is 0 Å². The molecule has 1 aromatic rings. The third kappa shape index (κ3) is 2.90. The van der Waals surface area contributed by atoms with Crippen molar-refractivity contribution in [2.45, 2.75) is 38.0 Å². The highest BCUT2D eigenvalue weighted by molar-refractivity contribution is 7.15. The van der Waals surface area contributed by atoms with Crippen LogP contribution in [0.3, 0.4) is 0 Å². The Balaban J connectivity index is 1.59. The highest BCUT2D eigenvalue weighted by Crippen LogP contribution is 2.36. The molecule has 0 saturated carbocycles. The lowest BCUT2D eigenvalue weighted by molar-refractivity contribution is -0.138. The molecule has 112 valence electrons. The van der Waals surface area contributed by atoms with Crippen molar-refractivity contribution in [1.29, 1.82) is 0 Å². The lowest BCUT2D eigenvalue weighted by Gasteiger charge is -2.33. The van der Waals surface area contributed by atoms with Gasteiger partial charge in [0.05, 0.1) is 6.10 Å². The molecular weight excluding hydrogens is 291 g/mol. The minimum absolute atomic E-state index is 0.345.